The molecule has 1 N–H and O–H groups in total. The zero-order chi connectivity index (χ0) is 15.6. The van der Waals surface area contributed by atoms with E-state index in [9.17, 15) is 4.39 Å². The monoisotopic (exact) mass is 317 g/mol. The molecule has 0 saturated carbocycles. The Hall–Kier alpha value is -1.19. The van der Waals surface area contributed by atoms with Crippen molar-refractivity contribution in [3.05, 3.63) is 57.0 Å². The molecular weight excluding hydrogens is 293 g/mol. The van der Waals surface area contributed by atoms with Crippen LogP contribution in [-0.2, 0) is 25.8 Å². The van der Waals surface area contributed by atoms with Crippen LogP contribution in [0.4, 0.5) is 4.39 Å². The van der Waals surface area contributed by atoms with Crippen molar-refractivity contribution in [1.82, 2.24) is 5.32 Å². The molecule has 0 saturated heterocycles. The van der Waals surface area contributed by atoms with E-state index in [4.69, 9.17) is 0 Å². The number of benzene rings is 1. The van der Waals surface area contributed by atoms with Crippen LogP contribution in [0.3, 0.4) is 0 Å². The van der Waals surface area contributed by atoms with Gasteiger partial charge in [0.05, 0.1) is 0 Å². The number of hydrogen-bond donors (Lipinski definition) is 1. The Morgan fingerprint density at radius 2 is 2.00 bits per heavy atom. The van der Waals surface area contributed by atoms with E-state index in [0.29, 0.717) is 5.41 Å². The molecule has 0 bridgehead atoms. The molecule has 0 fully saturated rings. The smallest absolute Gasteiger partial charge is 0.123 e. The van der Waals surface area contributed by atoms with Crippen LogP contribution in [0.2, 0.25) is 0 Å². The second kappa shape index (κ2) is 6.51. The van der Waals surface area contributed by atoms with E-state index >= 15 is 0 Å². The summed E-state index contributed by atoms with van der Waals surface area (Å²) in [6.45, 7) is 6.61. The van der Waals surface area contributed by atoms with Gasteiger partial charge in [-0.2, -0.15) is 0 Å². The second-order valence-corrected chi connectivity index (χ2v) is 8.28. The zero-order valence-corrected chi connectivity index (χ0v) is 14.2. The van der Waals surface area contributed by atoms with Gasteiger partial charge < -0.3 is 5.32 Å². The Labute approximate surface area is 136 Å². The molecular formula is C19H24FNS. The number of hydrogen-bond acceptors (Lipinski definition) is 2. The second-order valence-electron chi connectivity index (χ2n) is 7.06. The number of aryl methyl sites for hydroxylation is 1. The minimum Gasteiger partial charge on any atom is -0.312 e. The van der Waals surface area contributed by atoms with Gasteiger partial charge >= 0.3 is 0 Å². The number of fused-ring (bicyclic) bond motifs is 1. The summed E-state index contributed by atoms with van der Waals surface area (Å²) in [5.74, 6) is -0.163. The molecule has 1 aliphatic carbocycles. The summed E-state index contributed by atoms with van der Waals surface area (Å²) in [6, 6.07) is 9.19. The van der Waals surface area contributed by atoms with Crippen molar-refractivity contribution in [2.45, 2.75) is 46.1 Å². The summed E-state index contributed by atoms with van der Waals surface area (Å²) < 4.78 is 12.8. The summed E-state index contributed by atoms with van der Waals surface area (Å²) in [7, 11) is 0. The number of halogens is 1. The highest BCUT2D eigenvalue weighted by Gasteiger charge is 2.26. The number of thiophene rings is 1. The lowest BCUT2D eigenvalue weighted by molar-refractivity contribution is 0.318. The van der Waals surface area contributed by atoms with Crippen molar-refractivity contribution in [2.75, 3.05) is 6.54 Å². The van der Waals surface area contributed by atoms with Crippen LogP contribution in [0.5, 0.6) is 0 Å². The summed E-state index contributed by atoms with van der Waals surface area (Å²) in [5, 5.41) is 3.51. The SMILES string of the molecule is CC1(C)CCc2sc(CNCCc3ccc(F)cc3)cc2C1. The summed E-state index contributed by atoms with van der Waals surface area (Å²) >= 11 is 1.97. The predicted molar refractivity (Wildman–Crippen MR) is 91.9 cm³/mol. The molecule has 0 amide bonds. The van der Waals surface area contributed by atoms with Crippen molar-refractivity contribution >= 4 is 11.3 Å². The van der Waals surface area contributed by atoms with Crippen LogP contribution < -0.4 is 5.32 Å². The molecule has 3 heteroatoms. The molecule has 3 rings (SSSR count). The van der Waals surface area contributed by atoms with E-state index in [1.165, 1.54) is 41.8 Å². The fraction of sp³-hybridized carbons (Fsp3) is 0.474. The molecule has 0 aliphatic heterocycles. The van der Waals surface area contributed by atoms with Gasteiger partial charge in [0.15, 0.2) is 0 Å². The molecule has 0 spiro atoms. The maximum absolute atomic E-state index is 12.8. The Kier molecular flexibility index (Phi) is 4.65. The van der Waals surface area contributed by atoms with Crippen LogP contribution in [0.1, 0.15) is 41.1 Å². The lowest BCUT2D eigenvalue weighted by atomic mass is 9.77. The first kappa shape index (κ1) is 15.7. The van der Waals surface area contributed by atoms with Gasteiger partial charge in [-0.15, -0.1) is 11.3 Å². The topological polar surface area (TPSA) is 12.0 Å². The molecule has 1 aromatic carbocycles. The molecule has 1 heterocycles. The Balaban J connectivity index is 1.48. The van der Waals surface area contributed by atoms with Gasteiger partial charge in [-0.25, -0.2) is 4.39 Å². The number of nitrogens with one attached hydrogen (secondary N) is 1. The van der Waals surface area contributed by atoms with E-state index in [0.717, 1.165) is 19.5 Å². The van der Waals surface area contributed by atoms with Gasteiger partial charge in [-0.3, -0.25) is 0 Å². The average Bonchev–Trinajstić information content (AvgIpc) is 2.86. The van der Waals surface area contributed by atoms with Crippen molar-refractivity contribution in [3.63, 3.8) is 0 Å². The predicted octanol–water partition coefficient (Wildman–Crippen LogP) is 4.73. The highest BCUT2D eigenvalue weighted by Crippen LogP contribution is 2.38. The molecule has 1 aliphatic rings. The maximum Gasteiger partial charge on any atom is 0.123 e. The van der Waals surface area contributed by atoms with Crippen LogP contribution in [-0.4, -0.2) is 6.54 Å². The van der Waals surface area contributed by atoms with E-state index in [-0.39, 0.29) is 5.82 Å². The van der Waals surface area contributed by atoms with Crippen molar-refractivity contribution in [1.29, 1.82) is 0 Å². The maximum atomic E-state index is 12.8. The van der Waals surface area contributed by atoms with E-state index in [1.807, 2.05) is 23.5 Å². The number of rotatable bonds is 5. The van der Waals surface area contributed by atoms with Gasteiger partial charge in [-0.05, 0) is 67.0 Å². The third-order valence-corrected chi connectivity index (χ3v) is 5.69. The molecule has 1 nitrogen and oxygen atoms in total. The van der Waals surface area contributed by atoms with Crippen LogP contribution in [0.25, 0.3) is 0 Å². The van der Waals surface area contributed by atoms with Crippen molar-refractivity contribution in [3.8, 4) is 0 Å². The first-order valence-electron chi connectivity index (χ1n) is 8.07. The normalized spacial score (nSPS) is 16.5. The molecule has 0 unspecified atom stereocenters. The minimum absolute atomic E-state index is 0.163. The Morgan fingerprint density at radius 1 is 1.23 bits per heavy atom. The first-order valence-corrected chi connectivity index (χ1v) is 8.89. The molecule has 1 aromatic heterocycles. The van der Waals surface area contributed by atoms with E-state index in [2.05, 4.69) is 25.2 Å². The fourth-order valence-corrected chi connectivity index (χ4v) is 4.29. The molecule has 0 atom stereocenters. The van der Waals surface area contributed by atoms with Crippen LogP contribution >= 0.6 is 11.3 Å². The highest BCUT2D eigenvalue weighted by atomic mass is 32.1. The van der Waals surface area contributed by atoms with Gasteiger partial charge in [0, 0.05) is 16.3 Å². The minimum atomic E-state index is -0.163. The average molecular weight is 317 g/mol. The molecule has 0 radical (unpaired) electrons. The Morgan fingerprint density at radius 3 is 2.77 bits per heavy atom. The van der Waals surface area contributed by atoms with Gasteiger partial charge in [0.1, 0.15) is 5.82 Å². The van der Waals surface area contributed by atoms with Gasteiger partial charge in [0.2, 0.25) is 0 Å². The van der Waals surface area contributed by atoms with Crippen LogP contribution in [0, 0.1) is 11.2 Å². The third-order valence-electron chi connectivity index (χ3n) is 4.45. The lowest BCUT2D eigenvalue weighted by Crippen LogP contribution is -2.20. The largest absolute Gasteiger partial charge is 0.312 e. The standard InChI is InChI=1S/C19H24FNS/c1-19(2)9-7-18-15(12-19)11-17(22-18)13-21-10-8-14-3-5-16(20)6-4-14/h3-6,11,21H,7-10,12-13H2,1-2H3. The molecule has 2 aromatic rings. The van der Waals surface area contributed by atoms with Gasteiger partial charge in [-0.1, -0.05) is 26.0 Å². The summed E-state index contributed by atoms with van der Waals surface area (Å²) in [6.07, 6.45) is 4.70. The van der Waals surface area contributed by atoms with E-state index < -0.39 is 0 Å². The Bertz CT molecular complexity index is 627. The first-order chi connectivity index (χ1) is 10.5. The highest BCUT2D eigenvalue weighted by molar-refractivity contribution is 7.12. The van der Waals surface area contributed by atoms with Crippen molar-refractivity contribution in [2.24, 2.45) is 5.41 Å². The fourth-order valence-electron chi connectivity index (χ4n) is 3.13. The van der Waals surface area contributed by atoms with Crippen molar-refractivity contribution < 1.29 is 4.39 Å². The summed E-state index contributed by atoms with van der Waals surface area (Å²) in [5.41, 5.74) is 3.21. The zero-order valence-electron chi connectivity index (χ0n) is 13.4. The lowest BCUT2D eigenvalue weighted by Gasteiger charge is -2.29. The van der Waals surface area contributed by atoms with Gasteiger partial charge in [0.25, 0.3) is 0 Å². The third kappa shape index (κ3) is 3.96. The molecule has 118 valence electrons. The summed E-state index contributed by atoms with van der Waals surface area (Å²) in [4.78, 5) is 3.04. The van der Waals surface area contributed by atoms with Crippen LogP contribution in [0.15, 0.2) is 30.3 Å². The van der Waals surface area contributed by atoms with E-state index in [1.54, 1.807) is 10.4 Å². The molecule has 22 heavy (non-hydrogen) atoms. The quantitative estimate of drug-likeness (QED) is 0.786.